The zero-order chi connectivity index (χ0) is 29.2. The number of carbonyl (C=O) groups is 3. The van der Waals surface area contributed by atoms with Crippen LogP contribution in [0.3, 0.4) is 0 Å². The van der Waals surface area contributed by atoms with Gasteiger partial charge in [-0.2, -0.15) is 0 Å². The van der Waals surface area contributed by atoms with Crippen molar-refractivity contribution in [2.75, 3.05) is 20.8 Å². The number of carboxylic acid groups (broad SMARTS) is 1. The second-order valence-electron chi connectivity index (χ2n) is 12.3. The zero-order valence-electron chi connectivity index (χ0n) is 23.9. The molecule has 3 aliphatic rings. The molecule has 40 heavy (non-hydrogen) atoms. The SMILES string of the molecule is COc1cc(OC)c(C2=NO[C@]3(C2)C[C@@H](C(=O)O)N(C(=O)C(NC(=O)CC2CCCCC2)C(C)(C)C)C3)cc1Cl. The van der Waals surface area contributed by atoms with Crippen LogP contribution in [0.25, 0.3) is 0 Å². The lowest BCUT2D eigenvalue weighted by Crippen LogP contribution is -2.57. The second kappa shape index (κ2) is 11.8. The maximum atomic E-state index is 13.9. The van der Waals surface area contributed by atoms with Gasteiger partial charge in [0.2, 0.25) is 11.8 Å². The molecule has 0 aromatic heterocycles. The maximum Gasteiger partial charge on any atom is 0.326 e. The van der Waals surface area contributed by atoms with Gasteiger partial charge in [0.1, 0.15) is 23.6 Å². The van der Waals surface area contributed by atoms with Gasteiger partial charge in [0.15, 0.2) is 5.60 Å². The van der Waals surface area contributed by atoms with E-state index >= 15 is 0 Å². The Labute approximate surface area is 240 Å². The predicted octanol–water partition coefficient (Wildman–Crippen LogP) is 4.41. The number of carbonyl (C=O) groups excluding carboxylic acids is 2. The van der Waals surface area contributed by atoms with Crippen molar-refractivity contribution in [3.8, 4) is 11.5 Å². The highest BCUT2D eigenvalue weighted by Gasteiger charge is 2.55. The fraction of sp³-hybridized carbons (Fsp3) is 0.655. The molecular formula is C29H40ClN3O7. The topological polar surface area (TPSA) is 127 Å². The molecule has 10 nitrogen and oxygen atoms in total. The van der Waals surface area contributed by atoms with Gasteiger partial charge in [-0.1, -0.05) is 56.8 Å². The van der Waals surface area contributed by atoms with Crippen molar-refractivity contribution < 1.29 is 33.8 Å². The van der Waals surface area contributed by atoms with Crippen LogP contribution in [0.2, 0.25) is 5.02 Å². The molecule has 0 radical (unpaired) electrons. The van der Waals surface area contributed by atoms with Crippen molar-refractivity contribution in [2.24, 2.45) is 16.5 Å². The minimum absolute atomic E-state index is 0.0209. The van der Waals surface area contributed by atoms with Gasteiger partial charge in [0.05, 0.1) is 31.5 Å². The van der Waals surface area contributed by atoms with Crippen LogP contribution >= 0.6 is 11.6 Å². The molecule has 1 aromatic carbocycles. The molecule has 1 aliphatic carbocycles. The first kappa shape index (κ1) is 30.0. The van der Waals surface area contributed by atoms with Crippen molar-refractivity contribution >= 4 is 35.1 Å². The zero-order valence-corrected chi connectivity index (χ0v) is 24.7. The van der Waals surface area contributed by atoms with Crippen LogP contribution < -0.4 is 14.8 Å². The number of hydrogen-bond donors (Lipinski definition) is 2. The summed E-state index contributed by atoms with van der Waals surface area (Å²) in [4.78, 5) is 46.5. The van der Waals surface area contributed by atoms with E-state index in [1.54, 1.807) is 12.1 Å². The van der Waals surface area contributed by atoms with Crippen LogP contribution in [0.4, 0.5) is 0 Å². The van der Waals surface area contributed by atoms with E-state index in [2.05, 4.69) is 10.5 Å². The third-order valence-corrected chi connectivity index (χ3v) is 8.50. The van der Waals surface area contributed by atoms with Crippen LogP contribution in [-0.2, 0) is 19.2 Å². The lowest BCUT2D eigenvalue weighted by molar-refractivity contribution is -0.150. The predicted molar refractivity (Wildman–Crippen MR) is 150 cm³/mol. The van der Waals surface area contributed by atoms with E-state index in [0.717, 1.165) is 25.7 Å². The number of ether oxygens (including phenoxy) is 2. The Bertz CT molecular complexity index is 1170. The van der Waals surface area contributed by atoms with E-state index in [4.69, 9.17) is 25.9 Å². The largest absolute Gasteiger partial charge is 0.496 e. The van der Waals surface area contributed by atoms with Gasteiger partial charge in [-0.15, -0.1) is 0 Å². The van der Waals surface area contributed by atoms with Crippen molar-refractivity contribution in [3.63, 3.8) is 0 Å². The van der Waals surface area contributed by atoms with E-state index < -0.39 is 35.0 Å². The first-order chi connectivity index (χ1) is 18.9. The number of halogens is 1. The number of amides is 2. The summed E-state index contributed by atoms with van der Waals surface area (Å²) in [5.41, 5.74) is -0.527. The molecule has 1 saturated carbocycles. The highest BCUT2D eigenvalue weighted by atomic mass is 35.5. The Morgan fingerprint density at radius 3 is 2.45 bits per heavy atom. The van der Waals surface area contributed by atoms with Crippen molar-refractivity contribution in [2.45, 2.75) is 89.8 Å². The number of benzene rings is 1. The van der Waals surface area contributed by atoms with Gasteiger partial charge in [0.25, 0.3) is 0 Å². The minimum Gasteiger partial charge on any atom is -0.496 e. The molecule has 1 unspecified atom stereocenters. The summed E-state index contributed by atoms with van der Waals surface area (Å²) < 4.78 is 10.8. The lowest BCUT2D eigenvalue weighted by Gasteiger charge is -2.35. The molecule has 2 N–H and O–H groups in total. The van der Waals surface area contributed by atoms with E-state index in [9.17, 15) is 19.5 Å². The summed E-state index contributed by atoms with van der Waals surface area (Å²) in [6.45, 7) is 5.62. The summed E-state index contributed by atoms with van der Waals surface area (Å²) >= 11 is 6.36. The number of carboxylic acids is 1. The summed E-state index contributed by atoms with van der Waals surface area (Å²) in [6.07, 6.45) is 6.15. The van der Waals surface area contributed by atoms with E-state index in [0.29, 0.717) is 40.1 Å². The number of nitrogens with one attached hydrogen (secondary N) is 1. The average molecular weight is 578 g/mol. The van der Waals surface area contributed by atoms with Crippen LogP contribution in [0.1, 0.15) is 77.7 Å². The van der Waals surface area contributed by atoms with Crippen molar-refractivity contribution in [1.82, 2.24) is 10.2 Å². The Hall–Kier alpha value is -3.01. The van der Waals surface area contributed by atoms with Gasteiger partial charge in [-0.25, -0.2) is 4.79 Å². The Balaban J connectivity index is 1.53. The average Bonchev–Trinajstić information content (AvgIpc) is 3.50. The Morgan fingerprint density at radius 1 is 1.18 bits per heavy atom. The molecule has 2 heterocycles. The number of aliphatic carboxylic acids is 1. The lowest BCUT2D eigenvalue weighted by atomic mass is 9.84. The molecule has 3 atom stereocenters. The highest BCUT2D eigenvalue weighted by molar-refractivity contribution is 6.32. The molecule has 220 valence electrons. The number of rotatable bonds is 8. The van der Waals surface area contributed by atoms with Gasteiger partial charge in [0, 0.05) is 30.9 Å². The van der Waals surface area contributed by atoms with E-state index in [1.165, 1.54) is 25.5 Å². The van der Waals surface area contributed by atoms with Crippen LogP contribution in [0.5, 0.6) is 11.5 Å². The van der Waals surface area contributed by atoms with Gasteiger partial charge in [-0.3, -0.25) is 9.59 Å². The smallest absolute Gasteiger partial charge is 0.326 e. The molecule has 1 saturated heterocycles. The molecule has 11 heteroatoms. The fourth-order valence-corrected chi connectivity index (χ4v) is 6.27. The van der Waals surface area contributed by atoms with Gasteiger partial charge >= 0.3 is 5.97 Å². The molecule has 2 amide bonds. The first-order valence-electron chi connectivity index (χ1n) is 13.9. The molecule has 2 aliphatic heterocycles. The Kier molecular flexibility index (Phi) is 8.87. The summed E-state index contributed by atoms with van der Waals surface area (Å²) in [6, 6.07) is 1.32. The van der Waals surface area contributed by atoms with Gasteiger partial charge in [-0.05, 0) is 30.2 Å². The van der Waals surface area contributed by atoms with Crippen LogP contribution in [0.15, 0.2) is 17.3 Å². The number of hydrogen-bond acceptors (Lipinski definition) is 7. The van der Waals surface area contributed by atoms with E-state index in [1.807, 2.05) is 20.8 Å². The summed E-state index contributed by atoms with van der Waals surface area (Å²) in [7, 11) is 3.02. The summed E-state index contributed by atoms with van der Waals surface area (Å²) in [5.74, 6) is -0.498. The fourth-order valence-electron chi connectivity index (χ4n) is 6.03. The molecule has 4 rings (SSSR count). The highest BCUT2D eigenvalue weighted by Crippen LogP contribution is 2.42. The maximum absolute atomic E-state index is 13.9. The molecular weight excluding hydrogens is 538 g/mol. The second-order valence-corrected chi connectivity index (χ2v) is 12.7. The third-order valence-electron chi connectivity index (χ3n) is 8.21. The van der Waals surface area contributed by atoms with Crippen LogP contribution in [-0.4, -0.2) is 72.0 Å². The third kappa shape index (κ3) is 6.32. The Morgan fingerprint density at radius 2 is 1.85 bits per heavy atom. The van der Waals surface area contributed by atoms with Crippen molar-refractivity contribution in [3.05, 3.63) is 22.7 Å². The number of nitrogens with zero attached hydrogens (tertiary/aromatic N) is 2. The molecule has 0 bridgehead atoms. The monoisotopic (exact) mass is 577 g/mol. The van der Waals surface area contributed by atoms with Crippen LogP contribution in [0, 0.1) is 11.3 Å². The minimum atomic E-state index is -1.13. The van der Waals surface area contributed by atoms with Gasteiger partial charge < -0.3 is 29.6 Å². The number of likely N-dealkylation sites (tertiary alicyclic amines) is 1. The summed E-state index contributed by atoms with van der Waals surface area (Å²) in [5, 5.41) is 17.7. The molecule has 2 fully saturated rings. The quantitative estimate of drug-likeness (QED) is 0.468. The first-order valence-corrected chi connectivity index (χ1v) is 14.2. The van der Waals surface area contributed by atoms with Crippen molar-refractivity contribution in [1.29, 1.82) is 0 Å². The molecule has 1 spiro atoms. The molecule has 1 aromatic rings. The standard InChI is InChI=1S/C29H40ClN3O7/c1-28(2,3)25(31-24(34)11-17-9-7-6-8-10-17)26(35)33-16-29(15-21(33)27(36)37)14-20(32-40-29)18-12-19(30)23(39-5)13-22(18)38-4/h12-13,17,21,25H,6-11,14-16H2,1-5H3,(H,31,34)(H,36,37)/t21-,25?,29+/m0/s1. The van der Waals surface area contributed by atoms with E-state index in [-0.39, 0.29) is 25.3 Å². The number of oxime groups is 1. The normalized spacial score (nSPS) is 23.9. The number of methoxy groups -OCH3 is 2.